The Morgan fingerprint density at radius 3 is 2.88 bits per heavy atom. The van der Waals surface area contributed by atoms with E-state index in [9.17, 15) is 9.18 Å². The van der Waals surface area contributed by atoms with E-state index < -0.39 is 5.82 Å². The Morgan fingerprint density at radius 2 is 2.06 bits per heavy atom. The van der Waals surface area contributed by atoms with E-state index in [1.807, 2.05) is 4.90 Å². The first-order valence-corrected chi connectivity index (χ1v) is 11.1. The zero-order valence-electron chi connectivity index (χ0n) is 17.9. The molecule has 1 amide bonds. The third-order valence-electron chi connectivity index (χ3n) is 6.01. The number of likely N-dealkylation sites (tertiary alicyclic amines) is 1. The van der Waals surface area contributed by atoms with Crippen molar-refractivity contribution in [1.29, 1.82) is 0 Å². The Morgan fingerprint density at radius 1 is 1.24 bits per heavy atom. The third-order valence-corrected chi connectivity index (χ3v) is 6.25. The van der Waals surface area contributed by atoms with Crippen LogP contribution in [-0.4, -0.2) is 49.9 Å². The van der Waals surface area contributed by atoms with Gasteiger partial charge in [0.2, 0.25) is 0 Å². The summed E-state index contributed by atoms with van der Waals surface area (Å²) in [6.45, 7) is 3.18. The Hall–Kier alpha value is -3.46. The highest BCUT2D eigenvalue weighted by Crippen LogP contribution is 2.28. The van der Waals surface area contributed by atoms with E-state index in [-0.39, 0.29) is 17.9 Å². The molecule has 10 heteroatoms. The van der Waals surface area contributed by atoms with Crippen molar-refractivity contribution < 1.29 is 13.6 Å². The van der Waals surface area contributed by atoms with E-state index in [1.165, 1.54) is 35.4 Å². The fourth-order valence-corrected chi connectivity index (χ4v) is 4.49. The van der Waals surface area contributed by atoms with E-state index in [4.69, 9.17) is 16.0 Å². The number of oxazole rings is 1. The van der Waals surface area contributed by atoms with E-state index >= 15 is 0 Å². The van der Waals surface area contributed by atoms with Gasteiger partial charge in [0, 0.05) is 30.2 Å². The van der Waals surface area contributed by atoms with Crippen molar-refractivity contribution in [3.63, 3.8) is 0 Å². The predicted molar refractivity (Wildman–Crippen MR) is 122 cm³/mol. The van der Waals surface area contributed by atoms with Gasteiger partial charge >= 0.3 is 0 Å². The Balaban J connectivity index is 1.40. The topological polar surface area (TPSA) is 89.1 Å². The highest BCUT2D eigenvalue weighted by molar-refractivity contribution is 6.31. The molecule has 0 aliphatic carbocycles. The summed E-state index contributed by atoms with van der Waals surface area (Å²) in [5.41, 5.74) is 1.96. The Kier molecular flexibility index (Phi) is 5.72. The van der Waals surface area contributed by atoms with E-state index in [0.29, 0.717) is 46.5 Å². The van der Waals surface area contributed by atoms with Gasteiger partial charge in [0.05, 0.1) is 24.0 Å². The zero-order valence-corrected chi connectivity index (χ0v) is 18.7. The minimum atomic E-state index is -0.458. The third kappa shape index (κ3) is 4.28. The molecule has 3 heterocycles. The first-order chi connectivity index (χ1) is 16.0. The molecule has 8 nitrogen and oxygen atoms in total. The van der Waals surface area contributed by atoms with Gasteiger partial charge in [-0.15, -0.1) is 0 Å². The second kappa shape index (κ2) is 8.82. The molecule has 170 valence electrons. The Labute approximate surface area is 194 Å². The van der Waals surface area contributed by atoms with Crippen molar-refractivity contribution in [2.75, 3.05) is 18.4 Å². The molecule has 1 aliphatic rings. The molecule has 1 aliphatic heterocycles. The van der Waals surface area contributed by atoms with E-state index in [0.717, 1.165) is 12.8 Å². The second-order valence-corrected chi connectivity index (χ2v) is 8.61. The molecule has 0 unspecified atom stereocenters. The lowest BCUT2D eigenvalue weighted by Gasteiger charge is -2.40. The number of amides is 1. The summed E-state index contributed by atoms with van der Waals surface area (Å²) in [7, 11) is 0. The average Bonchev–Trinajstić information content (AvgIpc) is 3.47. The number of benzene rings is 2. The van der Waals surface area contributed by atoms with Gasteiger partial charge in [-0.3, -0.25) is 4.79 Å². The highest BCUT2D eigenvalue weighted by Gasteiger charge is 2.34. The van der Waals surface area contributed by atoms with Gasteiger partial charge in [-0.25, -0.2) is 4.39 Å². The van der Waals surface area contributed by atoms with Crippen molar-refractivity contribution in [3.05, 3.63) is 65.2 Å². The summed E-state index contributed by atoms with van der Waals surface area (Å²) >= 11 is 6.03. The first-order valence-electron chi connectivity index (χ1n) is 10.8. The molecule has 1 saturated heterocycles. The minimum Gasteiger partial charge on any atom is -0.424 e. The van der Waals surface area contributed by atoms with Crippen LogP contribution in [0.15, 0.2) is 53.2 Å². The molecule has 0 bridgehead atoms. The van der Waals surface area contributed by atoms with Crippen LogP contribution >= 0.6 is 11.6 Å². The van der Waals surface area contributed by atoms with Crippen LogP contribution in [0, 0.1) is 11.7 Å². The van der Waals surface area contributed by atoms with Gasteiger partial charge in [-0.1, -0.05) is 18.5 Å². The van der Waals surface area contributed by atoms with Gasteiger partial charge in [0.25, 0.3) is 11.9 Å². The number of hydrogen-bond acceptors (Lipinski definition) is 6. The smallest absolute Gasteiger partial charge is 0.295 e. The van der Waals surface area contributed by atoms with Crippen molar-refractivity contribution in [1.82, 2.24) is 24.9 Å². The number of aromatic nitrogens is 4. The van der Waals surface area contributed by atoms with Crippen molar-refractivity contribution in [2.24, 2.45) is 5.92 Å². The molecule has 1 fully saturated rings. The van der Waals surface area contributed by atoms with Crippen LogP contribution in [0.4, 0.5) is 10.4 Å². The summed E-state index contributed by atoms with van der Waals surface area (Å²) in [5.74, 6) is -0.397. The lowest BCUT2D eigenvalue weighted by atomic mass is 9.90. The quantitative estimate of drug-likeness (QED) is 0.462. The van der Waals surface area contributed by atoms with Crippen molar-refractivity contribution in [3.8, 4) is 5.69 Å². The van der Waals surface area contributed by atoms with Gasteiger partial charge in [-0.2, -0.15) is 20.0 Å². The number of carbonyl (C=O) groups excluding carboxylic acids is 1. The van der Waals surface area contributed by atoms with Gasteiger partial charge < -0.3 is 14.6 Å². The van der Waals surface area contributed by atoms with Crippen molar-refractivity contribution in [2.45, 2.75) is 25.8 Å². The van der Waals surface area contributed by atoms with Crippen LogP contribution < -0.4 is 5.32 Å². The fourth-order valence-electron chi connectivity index (χ4n) is 4.32. The molecule has 0 spiro atoms. The van der Waals surface area contributed by atoms with Gasteiger partial charge in [0.1, 0.15) is 17.0 Å². The van der Waals surface area contributed by atoms with E-state index in [1.54, 1.807) is 18.2 Å². The summed E-state index contributed by atoms with van der Waals surface area (Å²) in [6.07, 6.45) is 4.86. The molecule has 2 atom stereocenters. The molecular formula is C23H22ClFN6O2. The molecule has 5 rings (SSSR count). The van der Waals surface area contributed by atoms with Crippen LogP contribution in [-0.2, 0) is 0 Å². The summed E-state index contributed by atoms with van der Waals surface area (Å²) in [5, 5.41) is 12.0. The number of piperidine rings is 1. The molecule has 2 aromatic carbocycles. The molecule has 2 aromatic heterocycles. The first kappa shape index (κ1) is 21.4. The predicted octanol–water partition coefficient (Wildman–Crippen LogP) is 4.55. The monoisotopic (exact) mass is 468 g/mol. The molecule has 4 aromatic rings. The summed E-state index contributed by atoms with van der Waals surface area (Å²) < 4.78 is 19.7. The maximum atomic E-state index is 14.0. The normalized spacial score (nSPS) is 18.6. The fraction of sp³-hybridized carbons (Fsp3) is 0.304. The molecule has 33 heavy (non-hydrogen) atoms. The maximum absolute atomic E-state index is 14.0. The van der Waals surface area contributed by atoms with Crippen LogP contribution in [0.5, 0.6) is 0 Å². The van der Waals surface area contributed by atoms with E-state index in [2.05, 4.69) is 27.4 Å². The van der Waals surface area contributed by atoms with Crippen LogP contribution in [0.25, 0.3) is 16.8 Å². The van der Waals surface area contributed by atoms with Gasteiger partial charge in [-0.05, 0) is 43.0 Å². The highest BCUT2D eigenvalue weighted by atomic mass is 35.5. The number of carbonyl (C=O) groups is 1. The standard InChI is InChI=1S/C23H22ClFN6O2/c1-14-3-2-10-30(20(14)13-26-23-29-18-7-4-15(24)11-21(18)33-23)22(32)17-6-5-16(25)12-19(17)31-27-8-9-28-31/h4-9,11-12,14,20H,2-3,10,13H2,1H3,(H,26,29)/t14-,20-/m1/s1. The number of anilines is 1. The number of halogens is 2. The maximum Gasteiger partial charge on any atom is 0.295 e. The SMILES string of the molecule is C[C@@H]1CCCN(C(=O)c2ccc(F)cc2-n2nccn2)[C@@H]1CNc1nc2ccc(Cl)cc2o1. The lowest BCUT2D eigenvalue weighted by Crippen LogP contribution is -2.51. The van der Waals surface area contributed by atoms with Crippen molar-refractivity contribution >= 4 is 34.6 Å². The largest absolute Gasteiger partial charge is 0.424 e. The van der Waals surface area contributed by atoms with Crippen LogP contribution in [0.3, 0.4) is 0 Å². The number of fused-ring (bicyclic) bond motifs is 1. The van der Waals surface area contributed by atoms with Gasteiger partial charge in [0.15, 0.2) is 5.58 Å². The van der Waals surface area contributed by atoms with Crippen LogP contribution in [0.1, 0.15) is 30.1 Å². The molecule has 0 saturated carbocycles. The van der Waals surface area contributed by atoms with Crippen LogP contribution in [0.2, 0.25) is 5.02 Å². The average molecular weight is 469 g/mol. The summed E-state index contributed by atoms with van der Waals surface area (Å²) in [4.78, 5) is 21.2. The number of nitrogens with zero attached hydrogens (tertiary/aromatic N) is 5. The number of hydrogen-bond donors (Lipinski definition) is 1. The number of rotatable bonds is 5. The Bertz CT molecular complexity index is 1290. The number of nitrogens with one attached hydrogen (secondary N) is 1. The molecule has 1 N–H and O–H groups in total. The molecular weight excluding hydrogens is 447 g/mol. The second-order valence-electron chi connectivity index (χ2n) is 8.18. The summed E-state index contributed by atoms with van der Waals surface area (Å²) in [6, 6.07) is 9.59. The molecule has 0 radical (unpaired) electrons. The lowest BCUT2D eigenvalue weighted by molar-refractivity contribution is 0.0539. The minimum absolute atomic E-state index is 0.103. The zero-order chi connectivity index (χ0) is 22.9.